The van der Waals surface area contributed by atoms with Gasteiger partial charge in [0.15, 0.2) is 5.78 Å². The summed E-state index contributed by atoms with van der Waals surface area (Å²) < 4.78 is 10.7. The molecule has 0 heterocycles. The molecule has 0 saturated carbocycles. The summed E-state index contributed by atoms with van der Waals surface area (Å²) in [6.45, 7) is 4.48. The monoisotopic (exact) mass is 236 g/mol. The Morgan fingerprint density at radius 2 is 1.88 bits per heavy atom. The van der Waals surface area contributed by atoms with Gasteiger partial charge >= 0.3 is 0 Å². The summed E-state index contributed by atoms with van der Waals surface area (Å²) in [6, 6.07) is 7.46. The molecule has 0 N–H and O–H groups in total. The van der Waals surface area contributed by atoms with Crippen LogP contribution in [0.1, 0.15) is 38.4 Å². The van der Waals surface area contributed by atoms with E-state index in [1.807, 2.05) is 38.1 Å². The van der Waals surface area contributed by atoms with Crippen molar-refractivity contribution in [2.45, 2.75) is 32.8 Å². The standard InChI is InChI=1S/C14H20O3/c1-4-10-17-14(13(15)5-2)11-6-8-12(16-3)9-7-11/h6-9,14H,4-5,10H2,1-3H3. The summed E-state index contributed by atoms with van der Waals surface area (Å²) in [5.41, 5.74) is 0.895. The van der Waals surface area contributed by atoms with E-state index >= 15 is 0 Å². The number of hydrogen-bond acceptors (Lipinski definition) is 3. The molecule has 1 atom stereocenters. The summed E-state index contributed by atoms with van der Waals surface area (Å²) in [6.07, 6.45) is 0.954. The Morgan fingerprint density at radius 1 is 1.24 bits per heavy atom. The van der Waals surface area contributed by atoms with Crippen LogP contribution in [0, 0.1) is 0 Å². The molecule has 0 radical (unpaired) electrons. The lowest BCUT2D eigenvalue weighted by Gasteiger charge is -2.16. The molecule has 1 rings (SSSR count). The van der Waals surface area contributed by atoms with Gasteiger partial charge in [0.2, 0.25) is 0 Å². The lowest BCUT2D eigenvalue weighted by Crippen LogP contribution is -2.15. The van der Waals surface area contributed by atoms with Crippen LogP contribution in [0.2, 0.25) is 0 Å². The molecule has 0 spiro atoms. The number of methoxy groups -OCH3 is 1. The molecule has 1 unspecified atom stereocenters. The summed E-state index contributed by atoms with van der Waals surface area (Å²) in [5, 5.41) is 0. The molecule has 0 saturated heterocycles. The molecule has 0 aliphatic heterocycles. The van der Waals surface area contributed by atoms with E-state index < -0.39 is 6.10 Å². The number of Topliss-reactive ketones (excluding diaryl/α,β-unsaturated/α-hetero) is 1. The predicted octanol–water partition coefficient (Wildman–Crippen LogP) is 3.14. The van der Waals surface area contributed by atoms with Crippen LogP contribution in [0.4, 0.5) is 0 Å². The highest BCUT2D eigenvalue weighted by Crippen LogP contribution is 2.22. The number of ether oxygens (including phenoxy) is 2. The Labute approximate surface area is 103 Å². The van der Waals surface area contributed by atoms with Crippen LogP contribution in [-0.4, -0.2) is 19.5 Å². The number of hydrogen-bond donors (Lipinski definition) is 0. The molecule has 1 aromatic carbocycles. The van der Waals surface area contributed by atoms with Gasteiger partial charge < -0.3 is 9.47 Å². The Morgan fingerprint density at radius 3 is 2.35 bits per heavy atom. The average molecular weight is 236 g/mol. The molecule has 0 bridgehead atoms. The molecule has 0 aliphatic carbocycles. The van der Waals surface area contributed by atoms with Crippen LogP contribution in [0.5, 0.6) is 5.75 Å². The van der Waals surface area contributed by atoms with Crippen molar-refractivity contribution in [2.24, 2.45) is 0 Å². The minimum Gasteiger partial charge on any atom is -0.497 e. The Balaban J connectivity index is 2.83. The fourth-order valence-electron chi connectivity index (χ4n) is 1.57. The number of carbonyl (C=O) groups excluding carboxylic acids is 1. The van der Waals surface area contributed by atoms with E-state index in [9.17, 15) is 4.79 Å². The van der Waals surface area contributed by atoms with E-state index in [0.29, 0.717) is 13.0 Å². The highest BCUT2D eigenvalue weighted by Gasteiger charge is 2.19. The van der Waals surface area contributed by atoms with Crippen molar-refractivity contribution in [3.8, 4) is 5.75 Å². The Hall–Kier alpha value is -1.35. The normalized spacial score (nSPS) is 12.2. The van der Waals surface area contributed by atoms with Gasteiger partial charge in [0.05, 0.1) is 7.11 Å². The number of benzene rings is 1. The van der Waals surface area contributed by atoms with Crippen molar-refractivity contribution < 1.29 is 14.3 Å². The molecule has 0 amide bonds. The van der Waals surface area contributed by atoms with Crippen LogP contribution in [-0.2, 0) is 9.53 Å². The lowest BCUT2D eigenvalue weighted by molar-refractivity contribution is -0.130. The summed E-state index contributed by atoms with van der Waals surface area (Å²) in [7, 11) is 1.62. The number of carbonyl (C=O) groups is 1. The zero-order valence-electron chi connectivity index (χ0n) is 10.7. The van der Waals surface area contributed by atoms with Gasteiger partial charge in [-0.05, 0) is 24.1 Å². The maximum atomic E-state index is 11.8. The van der Waals surface area contributed by atoms with Crippen LogP contribution in [0.3, 0.4) is 0 Å². The van der Waals surface area contributed by atoms with Crippen molar-refractivity contribution in [1.29, 1.82) is 0 Å². The quantitative estimate of drug-likeness (QED) is 0.729. The Bertz CT molecular complexity index is 343. The van der Waals surface area contributed by atoms with E-state index in [2.05, 4.69) is 0 Å². The largest absolute Gasteiger partial charge is 0.497 e. The van der Waals surface area contributed by atoms with E-state index in [1.54, 1.807) is 7.11 Å². The van der Waals surface area contributed by atoms with Crippen molar-refractivity contribution in [3.63, 3.8) is 0 Å². The van der Waals surface area contributed by atoms with Gasteiger partial charge in [-0.1, -0.05) is 26.0 Å². The third kappa shape index (κ3) is 3.86. The van der Waals surface area contributed by atoms with E-state index in [4.69, 9.17) is 9.47 Å². The fourth-order valence-corrected chi connectivity index (χ4v) is 1.57. The first kappa shape index (κ1) is 13.7. The van der Waals surface area contributed by atoms with E-state index in [0.717, 1.165) is 17.7 Å². The van der Waals surface area contributed by atoms with Crippen molar-refractivity contribution >= 4 is 5.78 Å². The first-order valence-corrected chi connectivity index (χ1v) is 6.01. The van der Waals surface area contributed by atoms with Crippen LogP contribution in [0.15, 0.2) is 24.3 Å². The minimum absolute atomic E-state index is 0.114. The molecule has 0 aromatic heterocycles. The Kier molecular flexibility index (Phi) is 5.70. The molecule has 1 aromatic rings. The smallest absolute Gasteiger partial charge is 0.165 e. The van der Waals surface area contributed by atoms with E-state index in [1.165, 1.54) is 0 Å². The van der Waals surface area contributed by atoms with Crippen molar-refractivity contribution in [3.05, 3.63) is 29.8 Å². The average Bonchev–Trinajstić information content (AvgIpc) is 2.39. The second-order valence-electron chi connectivity index (χ2n) is 3.84. The van der Waals surface area contributed by atoms with Crippen molar-refractivity contribution in [1.82, 2.24) is 0 Å². The summed E-state index contributed by atoms with van der Waals surface area (Å²) in [5.74, 6) is 0.899. The molecule has 3 heteroatoms. The van der Waals surface area contributed by atoms with E-state index in [-0.39, 0.29) is 5.78 Å². The van der Waals surface area contributed by atoms with Crippen LogP contribution < -0.4 is 4.74 Å². The van der Waals surface area contributed by atoms with Gasteiger partial charge in [-0.3, -0.25) is 4.79 Å². The molecule has 17 heavy (non-hydrogen) atoms. The predicted molar refractivity (Wildman–Crippen MR) is 67.3 cm³/mol. The third-order valence-corrected chi connectivity index (χ3v) is 2.55. The lowest BCUT2D eigenvalue weighted by atomic mass is 10.0. The second kappa shape index (κ2) is 7.07. The highest BCUT2D eigenvalue weighted by atomic mass is 16.5. The van der Waals surface area contributed by atoms with Gasteiger partial charge in [-0.2, -0.15) is 0 Å². The van der Waals surface area contributed by atoms with Gasteiger partial charge in [0.1, 0.15) is 11.9 Å². The number of ketones is 1. The minimum atomic E-state index is -0.439. The van der Waals surface area contributed by atoms with Crippen LogP contribution >= 0.6 is 0 Å². The molecule has 0 fully saturated rings. The molecular formula is C14H20O3. The van der Waals surface area contributed by atoms with Crippen LogP contribution in [0.25, 0.3) is 0 Å². The first-order valence-electron chi connectivity index (χ1n) is 6.01. The van der Waals surface area contributed by atoms with Gasteiger partial charge in [-0.25, -0.2) is 0 Å². The van der Waals surface area contributed by atoms with Crippen molar-refractivity contribution in [2.75, 3.05) is 13.7 Å². The van der Waals surface area contributed by atoms with Gasteiger partial charge in [-0.15, -0.1) is 0 Å². The first-order chi connectivity index (χ1) is 8.22. The molecular weight excluding hydrogens is 216 g/mol. The maximum Gasteiger partial charge on any atom is 0.165 e. The maximum absolute atomic E-state index is 11.8. The third-order valence-electron chi connectivity index (χ3n) is 2.55. The van der Waals surface area contributed by atoms with Gasteiger partial charge in [0.25, 0.3) is 0 Å². The number of rotatable bonds is 7. The van der Waals surface area contributed by atoms with Gasteiger partial charge in [0, 0.05) is 13.0 Å². The topological polar surface area (TPSA) is 35.5 Å². The molecule has 3 nitrogen and oxygen atoms in total. The summed E-state index contributed by atoms with van der Waals surface area (Å²) >= 11 is 0. The molecule has 94 valence electrons. The fraction of sp³-hybridized carbons (Fsp3) is 0.500. The second-order valence-corrected chi connectivity index (χ2v) is 3.84. The molecule has 0 aliphatic rings. The zero-order chi connectivity index (χ0) is 12.7. The highest BCUT2D eigenvalue weighted by molar-refractivity contribution is 5.84. The SMILES string of the molecule is CCCOC(C(=O)CC)c1ccc(OC)cc1. The summed E-state index contributed by atoms with van der Waals surface area (Å²) in [4.78, 5) is 11.8. The zero-order valence-corrected chi connectivity index (χ0v) is 10.7.